The zero-order valence-electron chi connectivity index (χ0n) is 21.9. The minimum absolute atomic E-state index is 0.265. The quantitative estimate of drug-likeness (QED) is 0.240. The second-order valence-electron chi connectivity index (χ2n) is 9.99. The molecule has 192 valence electrons. The predicted octanol–water partition coefficient (Wildman–Crippen LogP) is 6.20. The third-order valence-electron chi connectivity index (χ3n) is 7.10. The van der Waals surface area contributed by atoms with E-state index in [9.17, 15) is 4.39 Å². The number of nitrogens with zero attached hydrogens (tertiary/aromatic N) is 4. The molecule has 7 nitrogen and oxygen atoms in total. The SMILES string of the molecule is Cc1ncc(-c2ccc3[nH]nc(-c4cc5c(-c6cc(F)cc(NCCN(C)C)c6)cccc5[nH]4)c3c2)n1C. The molecule has 0 unspecified atom stereocenters. The van der Waals surface area contributed by atoms with E-state index >= 15 is 0 Å². The Bertz CT molecular complexity index is 1770. The number of rotatable bonds is 7. The smallest absolute Gasteiger partial charge is 0.125 e. The van der Waals surface area contributed by atoms with Crippen molar-refractivity contribution >= 4 is 27.5 Å². The van der Waals surface area contributed by atoms with Gasteiger partial charge in [-0.3, -0.25) is 5.10 Å². The fraction of sp³-hybridized carbons (Fsp3) is 0.200. The van der Waals surface area contributed by atoms with Gasteiger partial charge < -0.3 is 19.8 Å². The maximum Gasteiger partial charge on any atom is 0.125 e. The second kappa shape index (κ2) is 9.46. The summed E-state index contributed by atoms with van der Waals surface area (Å²) in [4.78, 5) is 10.1. The third kappa shape index (κ3) is 4.33. The summed E-state index contributed by atoms with van der Waals surface area (Å²) in [6.45, 7) is 3.60. The van der Waals surface area contributed by atoms with Gasteiger partial charge in [-0.1, -0.05) is 18.2 Å². The molecule has 0 amide bonds. The molecule has 0 aliphatic heterocycles. The lowest BCUT2D eigenvalue weighted by Crippen LogP contribution is -2.20. The van der Waals surface area contributed by atoms with Crippen LogP contribution in [-0.4, -0.2) is 56.8 Å². The molecule has 3 aromatic carbocycles. The maximum atomic E-state index is 14.6. The molecule has 8 heteroatoms. The molecule has 0 saturated heterocycles. The normalized spacial score (nSPS) is 11.7. The van der Waals surface area contributed by atoms with Crippen LogP contribution < -0.4 is 5.32 Å². The van der Waals surface area contributed by atoms with Crippen LogP contribution in [0.5, 0.6) is 0 Å². The highest BCUT2D eigenvalue weighted by atomic mass is 19.1. The van der Waals surface area contributed by atoms with E-state index in [0.29, 0.717) is 0 Å². The molecule has 6 aromatic rings. The first kappa shape index (κ1) is 23.9. The first-order valence-corrected chi connectivity index (χ1v) is 12.7. The number of hydrogen-bond donors (Lipinski definition) is 3. The summed E-state index contributed by atoms with van der Waals surface area (Å²) >= 11 is 0. The van der Waals surface area contributed by atoms with Crippen LogP contribution in [0, 0.1) is 12.7 Å². The van der Waals surface area contributed by atoms with Crippen molar-refractivity contribution in [1.82, 2.24) is 29.6 Å². The van der Waals surface area contributed by atoms with E-state index in [1.54, 1.807) is 12.1 Å². The molecule has 0 bridgehead atoms. The molecule has 38 heavy (non-hydrogen) atoms. The van der Waals surface area contributed by atoms with Gasteiger partial charge in [-0.2, -0.15) is 5.10 Å². The fourth-order valence-corrected chi connectivity index (χ4v) is 4.95. The van der Waals surface area contributed by atoms with E-state index in [1.165, 1.54) is 0 Å². The fourth-order valence-electron chi connectivity index (χ4n) is 4.95. The second-order valence-corrected chi connectivity index (χ2v) is 9.99. The van der Waals surface area contributed by atoms with Gasteiger partial charge >= 0.3 is 0 Å². The number of fused-ring (bicyclic) bond motifs is 2. The number of halogens is 1. The monoisotopic (exact) mass is 507 g/mol. The minimum atomic E-state index is -0.265. The number of aromatic nitrogens is 5. The van der Waals surface area contributed by atoms with Crippen molar-refractivity contribution in [3.8, 4) is 33.8 Å². The Morgan fingerprint density at radius 2 is 1.84 bits per heavy atom. The van der Waals surface area contributed by atoms with Crippen molar-refractivity contribution in [3.05, 3.63) is 78.5 Å². The number of benzene rings is 3. The Kier molecular flexibility index (Phi) is 5.96. The number of imidazole rings is 1. The Hall–Kier alpha value is -4.43. The van der Waals surface area contributed by atoms with Crippen LogP contribution in [0.3, 0.4) is 0 Å². The predicted molar refractivity (Wildman–Crippen MR) is 153 cm³/mol. The largest absolute Gasteiger partial charge is 0.384 e. The molecule has 3 aromatic heterocycles. The zero-order valence-corrected chi connectivity index (χ0v) is 21.9. The molecule has 0 aliphatic rings. The minimum Gasteiger partial charge on any atom is -0.384 e. The summed E-state index contributed by atoms with van der Waals surface area (Å²) in [6, 6.07) is 19.6. The average molecular weight is 508 g/mol. The van der Waals surface area contributed by atoms with Gasteiger partial charge in [-0.15, -0.1) is 0 Å². The molecule has 3 N–H and O–H groups in total. The van der Waals surface area contributed by atoms with E-state index in [2.05, 4.69) is 59.2 Å². The van der Waals surface area contributed by atoms with E-state index in [-0.39, 0.29) is 5.82 Å². The number of nitrogens with one attached hydrogen (secondary N) is 3. The molecule has 0 aliphatic carbocycles. The van der Waals surface area contributed by atoms with Crippen LogP contribution in [0.15, 0.2) is 66.9 Å². The van der Waals surface area contributed by atoms with Crippen LogP contribution in [0.2, 0.25) is 0 Å². The van der Waals surface area contributed by atoms with Crippen LogP contribution in [-0.2, 0) is 7.05 Å². The highest BCUT2D eigenvalue weighted by molar-refractivity contribution is 6.02. The van der Waals surface area contributed by atoms with Gasteiger partial charge in [-0.25, -0.2) is 9.37 Å². The molecule has 0 fully saturated rings. The Morgan fingerprint density at radius 1 is 0.974 bits per heavy atom. The molecule has 6 rings (SSSR count). The third-order valence-corrected chi connectivity index (χ3v) is 7.10. The van der Waals surface area contributed by atoms with E-state index in [4.69, 9.17) is 0 Å². The number of anilines is 1. The van der Waals surface area contributed by atoms with Crippen molar-refractivity contribution in [2.75, 3.05) is 32.5 Å². The molecule has 0 saturated carbocycles. The lowest BCUT2D eigenvalue weighted by Gasteiger charge is -2.13. The first-order chi connectivity index (χ1) is 18.4. The van der Waals surface area contributed by atoms with Gasteiger partial charge in [0.25, 0.3) is 0 Å². The summed E-state index contributed by atoms with van der Waals surface area (Å²) in [6.07, 6.45) is 1.90. The van der Waals surface area contributed by atoms with Gasteiger partial charge in [0.15, 0.2) is 0 Å². The first-order valence-electron chi connectivity index (χ1n) is 12.7. The van der Waals surface area contributed by atoms with Gasteiger partial charge in [0.2, 0.25) is 0 Å². The molecule has 0 atom stereocenters. The van der Waals surface area contributed by atoms with Crippen molar-refractivity contribution in [2.24, 2.45) is 7.05 Å². The van der Waals surface area contributed by atoms with Crippen molar-refractivity contribution in [3.63, 3.8) is 0 Å². The average Bonchev–Trinajstić information content (AvgIpc) is 3.59. The molecule has 3 heterocycles. The van der Waals surface area contributed by atoms with Crippen molar-refractivity contribution in [1.29, 1.82) is 0 Å². The van der Waals surface area contributed by atoms with Gasteiger partial charge in [0.05, 0.1) is 23.1 Å². The standard InChI is InChI=1S/C30H30FN7/c1-18-33-17-29(38(18)4)19-8-9-27-25(14-19)30(36-35-27)28-16-24-23(6-5-7-26(24)34-28)20-12-21(31)15-22(13-20)32-10-11-37(2)3/h5-9,12-17,32,34H,10-11H2,1-4H3,(H,35,36). The highest BCUT2D eigenvalue weighted by Gasteiger charge is 2.16. The topological polar surface area (TPSA) is 77.6 Å². The van der Waals surface area contributed by atoms with E-state index in [1.807, 2.05) is 58.5 Å². The molecular weight excluding hydrogens is 477 g/mol. The van der Waals surface area contributed by atoms with Crippen molar-refractivity contribution < 1.29 is 4.39 Å². The molecule has 0 radical (unpaired) electrons. The Labute approximate surface area is 220 Å². The number of aromatic amines is 2. The summed E-state index contributed by atoms with van der Waals surface area (Å²) in [5, 5.41) is 13.2. The van der Waals surface area contributed by atoms with E-state index in [0.717, 1.165) is 80.2 Å². The van der Waals surface area contributed by atoms with Crippen molar-refractivity contribution in [2.45, 2.75) is 6.92 Å². The summed E-state index contributed by atoms with van der Waals surface area (Å²) in [7, 11) is 6.06. The van der Waals surface area contributed by atoms with E-state index < -0.39 is 0 Å². The van der Waals surface area contributed by atoms with Crippen LogP contribution >= 0.6 is 0 Å². The lowest BCUT2D eigenvalue weighted by atomic mass is 10.0. The number of likely N-dealkylation sites (N-methyl/N-ethyl adjacent to an activating group) is 1. The van der Waals surface area contributed by atoms with Gasteiger partial charge in [0, 0.05) is 47.7 Å². The summed E-state index contributed by atoms with van der Waals surface area (Å²) < 4.78 is 16.7. The Morgan fingerprint density at radius 3 is 2.63 bits per heavy atom. The maximum absolute atomic E-state index is 14.6. The molecule has 0 spiro atoms. The summed E-state index contributed by atoms with van der Waals surface area (Å²) in [5.41, 5.74) is 8.36. The van der Waals surface area contributed by atoms with Crippen LogP contribution in [0.4, 0.5) is 10.1 Å². The Balaban J connectivity index is 1.41. The zero-order chi connectivity index (χ0) is 26.4. The van der Waals surface area contributed by atoms with Crippen LogP contribution in [0.25, 0.3) is 55.6 Å². The lowest BCUT2D eigenvalue weighted by molar-refractivity contribution is 0.425. The summed E-state index contributed by atoms with van der Waals surface area (Å²) in [5.74, 6) is 0.697. The molecular formula is C30H30FN7. The highest BCUT2D eigenvalue weighted by Crippen LogP contribution is 2.36. The van der Waals surface area contributed by atoms with Crippen LogP contribution in [0.1, 0.15) is 5.82 Å². The number of hydrogen-bond acceptors (Lipinski definition) is 4. The number of aryl methyl sites for hydroxylation is 1. The number of H-pyrrole nitrogens is 2. The van der Waals surface area contributed by atoms with Gasteiger partial charge in [0.1, 0.15) is 17.3 Å². The van der Waals surface area contributed by atoms with Gasteiger partial charge in [-0.05, 0) is 74.6 Å².